The van der Waals surface area contributed by atoms with E-state index in [0.29, 0.717) is 6.54 Å². The first kappa shape index (κ1) is 14.1. The largest absolute Gasteiger partial charge is 0.326 e. The van der Waals surface area contributed by atoms with Crippen LogP contribution in [0.15, 0.2) is 24.3 Å². The van der Waals surface area contributed by atoms with Crippen LogP contribution in [0.5, 0.6) is 0 Å². The summed E-state index contributed by atoms with van der Waals surface area (Å²) in [5.41, 5.74) is 7.43. The van der Waals surface area contributed by atoms with Gasteiger partial charge in [-0.25, -0.2) is 0 Å². The minimum atomic E-state index is 0.661. The number of hydrogen-bond donors (Lipinski definition) is 1. The Balaban J connectivity index is 1.86. The molecule has 1 aliphatic heterocycles. The van der Waals surface area contributed by atoms with Gasteiger partial charge in [0.1, 0.15) is 0 Å². The smallest absolute Gasteiger partial charge is 0.0349 e. The summed E-state index contributed by atoms with van der Waals surface area (Å²) < 4.78 is 1.38. The van der Waals surface area contributed by atoms with Crippen LogP contribution in [-0.4, -0.2) is 18.0 Å². The highest BCUT2D eigenvalue weighted by atomic mass is 32.1. The monoisotopic (exact) mass is 288 g/mol. The summed E-state index contributed by atoms with van der Waals surface area (Å²) in [5.74, 6) is 1.66. The Hall–Kier alpha value is -0.900. The standard InChI is InChI=1S/C17H24N2S/c1-12-7-8-19(10-13(12)2)11-15-14-5-3-4-6-16(14)20-17(15)9-18/h3-6,12-13H,7-11,18H2,1-2H3. The zero-order valence-corrected chi connectivity index (χ0v) is 13.2. The predicted octanol–water partition coefficient (Wildman–Crippen LogP) is 3.84. The second-order valence-corrected chi connectivity index (χ2v) is 7.32. The van der Waals surface area contributed by atoms with E-state index in [9.17, 15) is 0 Å². The van der Waals surface area contributed by atoms with Gasteiger partial charge in [-0.2, -0.15) is 0 Å². The van der Waals surface area contributed by atoms with Gasteiger partial charge in [0.15, 0.2) is 0 Å². The first-order chi connectivity index (χ1) is 9.69. The minimum absolute atomic E-state index is 0.661. The van der Waals surface area contributed by atoms with Crippen molar-refractivity contribution in [3.63, 3.8) is 0 Å². The third kappa shape index (κ3) is 2.62. The molecule has 1 aliphatic rings. The molecule has 2 aromatic rings. The van der Waals surface area contributed by atoms with Gasteiger partial charge >= 0.3 is 0 Å². The first-order valence-corrected chi connectivity index (χ1v) is 8.42. The molecule has 2 N–H and O–H groups in total. The van der Waals surface area contributed by atoms with Crippen LogP contribution in [0.2, 0.25) is 0 Å². The van der Waals surface area contributed by atoms with Gasteiger partial charge in [-0.1, -0.05) is 32.0 Å². The molecule has 0 aliphatic carbocycles. The highest BCUT2D eigenvalue weighted by Gasteiger charge is 2.24. The molecule has 2 atom stereocenters. The number of piperidine rings is 1. The van der Waals surface area contributed by atoms with Crippen LogP contribution >= 0.6 is 11.3 Å². The number of fused-ring (bicyclic) bond motifs is 1. The molecule has 0 radical (unpaired) electrons. The van der Waals surface area contributed by atoms with Crippen molar-refractivity contribution in [3.05, 3.63) is 34.7 Å². The molecule has 0 amide bonds. The Kier molecular flexibility index (Phi) is 4.11. The third-order valence-corrected chi connectivity index (χ3v) is 6.00. The van der Waals surface area contributed by atoms with Crippen molar-refractivity contribution in [3.8, 4) is 0 Å². The maximum Gasteiger partial charge on any atom is 0.0349 e. The lowest BCUT2D eigenvalue weighted by atomic mass is 9.88. The van der Waals surface area contributed by atoms with E-state index in [1.807, 2.05) is 11.3 Å². The molecule has 0 saturated carbocycles. The number of thiophene rings is 1. The van der Waals surface area contributed by atoms with Gasteiger partial charge < -0.3 is 5.73 Å². The second-order valence-electron chi connectivity index (χ2n) is 6.18. The highest BCUT2D eigenvalue weighted by molar-refractivity contribution is 7.19. The van der Waals surface area contributed by atoms with Crippen LogP contribution in [0.4, 0.5) is 0 Å². The van der Waals surface area contributed by atoms with Gasteiger partial charge in [0, 0.05) is 29.2 Å². The van der Waals surface area contributed by atoms with Crippen molar-refractivity contribution in [1.29, 1.82) is 0 Å². The molecule has 3 heteroatoms. The van der Waals surface area contributed by atoms with Gasteiger partial charge in [0.2, 0.25) is 0 Å². The Morgan fingerprint density at radius 3 is 2.80 bits per heavy atom. The molecular formula is C17H24N2S. The topological polar surface area (TPSA) is 29.3 Å². The molecule has 2 heterocycles. The van der Waals surface area contributed by atoms with Crippen LogP contribution in [0, 0.1) is 11.8 Å². The molecule has 1 aromatic carbocycles. The fourth-order valence-corrected chi connectivity index (χ4v) is 4.30. The predicted molar refractivity (Wildman–Crippen MR) is 87.9 cm³/mol. The Bertz CT molecular complexity index is 590. The van der Waals surface area contributed by atoms with E-state index in [2.05, 4.69) is 43.0 Å². The van der Waals surface area contributed by atoms with E-state index in [-0.39, 0.29) is 0 Å². The van der Waals surface area contributed by atoms with Gasteiger partial charge in [0.05, 0.1) is 0 Å². The van der Waals surface area contributed by atoms with Crippen molar-refractivity contribution in [2.45, 2.75) is 33.4 Å². The van der Waals surface area contributed by atoms with E-state index in [1.54, 1.807) is 0 Å². The number of likely N-dealkylation sites (tertiary alicyclic amines) is 1. The lowest BCUT2D eigenvalue weighted by molar-refractivity contribution is 0.132. The number of nitrogens with two attached hydrogens (primary N) is 1. The number of nitrogens with zero attached hydrogens (tertiary/aromatic N) is 1. The molecule has 0 spiro atoms. The van der Waals surface area contributed by atoms with E-state index in [0.717, 1.165) is 18.4 Å². The fourth-order valence-electron chi connectivity index (χ4n) is 3.20. The van der Waals surface area contributed by atoms with Crippen LogP contribution in [0.25, 0.3) is 10.1 Å². The van der Waals surface area contributed by atoms with Crippen LogP contribution in [-0.2, 0) is 13.1 Å². The van der Waals surface area contributed by atoms with E-state index < -0.39 is 0 Å². The van der Waals surface area contributed by atoms with Crippen molar-refractivity contribution in [2.24, 2.45) is 17.6 Å². The Morgan fingerprint density at radius 1 is 1.25 bits per heavy atom. The Labute approximate surface area is 125 Å². The molecule has 3 rings (SSSR count). The molecular weight excluding hydrogens is 264 g/mol. The molecule has 0 bridgehead atoms. The van der Waals surface area contributed by atoms with Gasteiger partial charge in [-0.15, -0.1) is 11.3 Å². The zero-order chi connectivity index (χ0) is 14.1. The number of benzene rings is 1. The highest BCUT2D eigenvalue weighted by Crippen LogP contribution is 2.33. The van der Waals surface area contributed by atoms with E-state index in [1.165, 1.54) is 40.0 Å². The normalized spacial score (nSPS) is 24.4. The van der Waals surface area contributed by atoms with Crippen LogP contribution < -0.4 is 5.73 Å². The van der Waals surface area contributed by atoms with Crippen molar-refractivity contribution in [1.82, 2.24) is 4.90 Å². The minimum Gasteiger partial charge on any atom is -0.326 e. The molecule has 2 unspecified atom stereocenters. The third-order valence-electron chi connectivity index (χ3n) is 4.77. The fraction of sp³-hybridized carbons (Fsp3) is 0.529. The van der Waals surface area contributed by atoms with Crippen LogP contribution in [0.3, 0.4) is 0 Å². The summed E-state index contributed by atoms with van der Waals surface area (Å²) >= 11 is 1.86. The summed E-state index contributed by atoms with van der Waals surface area (Å²) in [7, 11) is 0. The SMILES string of the molecule is CC1CCN(Cc2c(CN)sc3ccccc23)CC1C. The maximum absolute atomic E-state index is 5.96. The van der Waals surface area contributed by atoms with Gasteiger partial charge in [0.25, 0.3) is 0 Å². The molecule has 2 nitrogen and oxygen atoms in total. The summed E-state index contributed by atoms with van der Waals surface area (Å²) in [5, 5.41) is 1.41. The number of hydrogen-bond acceptors (Lipinski definition) is 3. The second kappa shape index (κ2) is 5.84. The lowest BCUT2D eigenvalue weighted by Gasteiger charge is -2.35. The van der Waals surface area contributed by atoms with Gasteiger partial charge in [-0.3, -0.25) is 4.90 Å². The van der Waals surface area contributed by atoms with Gasteiger partial charge in [-0.05, 0) is 41.8 Å². The molecule has 1 aromatic heterocycles. The van der Waals surface area contributed by atoms with Crippen LogP contribution in [0.1, 0.15) is 30.7 Å². The Morgan fingerprint density at radius 2 is 2.05 bits per heavy atom. The van der Waals surface area contributed by atoms with Crippen molar-refractivity contribution < 1.29 is 0 Å². The molecule has 108 valence electrons. The summed E-state index contributed by atoms with van der Waals surface area (Å²) in [6.07, 6.45) is 1.32. The van der Waals surface area contributed by atoms with E-state index >= 15 is 0 Å². The lowest BCUT2D eigenvalue weighted by Crippen LogP contribution is -2.38. The average molecular weight is 288 g/mol. The van der Waals surface area contributed by atoms with E-state index in [4.69, 9.17) is 5.73 Å². The molecule has 1 saturated heterocycles. The summed E-state index contributed by atoms with van der Waals surface area (Å²) in [6.45, 7) is 8.93. The molecule has 20 heavy (non-hydrogen) atoms. The maximum atomic E-state index is 5.96. The summed E-state index contributed by atoms with van der Waals surface area (Å²) in [6, 6.07) is 8.72. The van der Waals surface area contributed by atoms with Crippen molar-refractivity contribution >= 4 is 21.4 Å². The summed E-state index contributed by atoms with van der Waals surface area (Å²) in [4.78, 5) is 3.97. The molecule has 1 fully saturated rings. The first-order valence-electron chi connectivity index (χ1n) is 7.60. The zero-order valence-electron chi connectivity index (χ0n) is 12.4. The quantitative estimate of drug-likeness (QED) is 0.930. The number of rotatable bonds is 3. The average Bonchev–Trinajstić information content (AvgIpc) is 2.81. The van der Waals surface area contributed by atoms with Crippen molar-refractivity contribution in [2.75, 3.05) is 13.1 Å².